The van der Waals surface area contributed by atoms with Crippen molar-refractivity contribution in [1.82, 2.24) is 24.9 Å². The van der Waals surface area contributed by atoms with E-state index in [0.29, 0.717) is 29.2 Å². The normalized spacial score (nSPS) is 14.5. The number of amides is 1. The lowest BCUT2D eigenvalue weighted by molar-refractivity contribution is 0.0706. The SMILES string of the molecule is Cc1cn(C2CCN(Cc3cc(Oc4ccc(C(=O)NO)cc4)c4ccccc4n3)CC2)c(=O)[nH]c1=O. The van der Waals surface area contributed by atoms with Crippen LogP contribution in [0, 0.1) is 6.92 Å². The van der Waals surface area contributed by atoms with Crippen molar-refractivity contribution in [3.8, 4) is 11.5 Å². The summed E-state index contributed by atoms with van der Waals surface area (Å²) in [5, 5.41) is 9.68. The molecule has 1 amide bonds. The molecule has 3 N–H and O–H groups in total. The molecule has 37 heavy (non-hydrogen) atoms. The van der Waals surface area contributed by atoms with Gasteiger partial charge >= 0.3 is 5.69 Å². The molecule has 2 aromatic carbocycles. The van der Waals surface area contributed by atoms with Gasteiger partial charge in [0, 0.05) is 54.5 Å². The van der Waals surface area contributed by atoms with Gasteiger partial charge in [0.15, 0.2) is 0 Å². The number of carbonyl (C=O) groups is 1. The van der Waals surface area contributed by atoms with Crippen LogP contribution >= 0.6 is 0 Å². The van der Waals surface area contributed by atoms with Gasteiger partial charge in [-0.15, -0.1) is 0 Å². The van der Waals surface area contributed by atoms with Gasteiger partial charge in [-0.25, -0.2) is 10.3 Å². The molecular formula is C27H27N5O5. The minimum Gasteiger partial charge on any atom is -0.457 e. The Hall–Kier alpha value is -4.28. The van der Waals surface area contributed by atoms with Crippen molar-refractivity contribution < 1.29 is 14.7 Å². The second-order valence-corrected chi connectivity index (χ2v) is 9.18. The molecule has 1 aliphatic rings. The number of H-pyrrole nitrogens is 1. The van der Waals surface area contributed by atoms with E-state index in [4.69, 9.17) is 14.9 Å². The molecule has 10 nitrogen and oxygen atoms in total. The smallest absolute Gasteiger partial charge is 0.328 e. The van der Waals surface area contributed by atoms with Crippen molar-refractivity contribution in [2.75, 3.05) is 13.1 Å². The quantitative estimate of drug-likeness (QED) is 0.273. The molecule has 4 aromatic rings. The van der Waals surface area contributed by atoms with Crippen LogP contribution in [-0.2, 0) is 6.54 Å². The van der Waals surface area contributed by atoms with E-state index in [1.165, 1.54) is 0 Å². The average Bonchev–Trinajstić information content (AvgIpc) is 2.91. The number of pyridine rings is 1. The summed E-state index contributed by atoms with van der Waals surface area (Å²) >= 11 is 0. The first-order valence-electron chi connectivity index (χ1n) is 12.1. The van der Waals surface area contributed by atoms with Crippen LogP contribution in [0.15, 0.2) is 70.4 Å². The second kappa shape index (κ2) is 10.4. The molecule has 0 bridgehead atoms. The Kier molecular flexibility index (Phi) is 6.85. The zero-order chi connectivity index (χ0) is 25.9. The van der Waals surface area contributed by atoms with E-state index in [1.54, 1.807) is 47.4 Å². The fourth-order valence-electron chi connectivity index (χ4n) is 4.67. The number of rotatable bonds is 6. The van der Waals surface area contributed by atoms with Crippen LogP contribution in [0.25, 0.3) is 10.9 Å². The van der Waals surface area contributed by atoms with Gasteiger partial charge in [-0.1, -0.05) is 12.1 Å². The van der Waals surface area contributed by atoms with Gasteiger partial charge in [0.2, 0.25) is 0 Å². The van der Waals surface area contributed by atoms with Crippen molar-refractivity contribution >= 4 is 16.8 Å². The zero-order valence-corrected chi connectivity index (χ0v) is 20.3. The number of likely N-dealkylation sites (tertiary alicyclic amines) is 1. The fraction of sp³-hybridized carbons (Fsp3) is 0.259. The number of ether oxygens (including phenoxy) is 1. The Balaban J connectivity index is 1.32. The van der Waals surface area contributed by atoms with Gasteiger partial charge < -0.3 is 4.74 Å². The highest BCUT2D eigenvalue weighted by Crippen LogP contribution is 2.31. The molecule has 0 aliphatic carbocycles. The number of piperidine rings is 1. The molecular weight excluding hydrogens is 474 g/mol. The first kappa shape index (κ1) is 24.4. The summed E-state index contributed by atoms with van der Waals surface area (Å²) in [6, 6.07) is 16.2. The minimum atomic E-state index is -0.590. The van der Waals surface area contributed by atoms with Gasteiger partial charge in [-0.3, -0.25) is 34.2 Å². The average molecular weight is 502 g/mol. The van der Waals surface area contributed by atoms with Gasteiger partial charge in [0.25, 0.3) is 11.5 Å². The van der Waals surface area contributed by atoms with E-state index >= 15 is 0 Å². The van der Waals surface area contributed by atoms with Crippen molar-refractivity contribution in [3.63, 3.8) is 0 Å². The minimum absolute atomic E-state index is 0.0404. The molecule has 0 spiro atoms. The standard InChI is InChI=1S/C27H27N5O5/c1-17-15-32(27(35)29-25(17)33)20-10-12-31(13-11-20)16-19-14-24(22-4-2-3-5-23(22)28-19)37-21-8-6-18(7-9-21)26(34)30-36/h2-9,14-15,20,36H,10-13,16H2,1H3,(H,30,34)(H,29,33,35). The molecule has 0 saturated carbocycles. The lowest BCUT2D eigenvalue weighted by Crippen LogP contribution is -2.39. The molecule has 0 unspecified atom stereocenters. The number of hydrogen-bond acceptors (Lipinski definition) is 7. The fourth-order valence-corrected chi connectivity index (χ4v) is 4.67. The van der Waals surface area contributed by atoms with Gasteiger partial charge in [0.1, 0.15) is 11.5 Å². The number of carbonyl (C=O) groups excluding carboxylic acids is 1. The van der Waals surface area contributed by atoms with E-state index in [-0.39, 0.29) is 17.3 Å². The van der Waals surface area contributed by atoms with Crippen molar-refractivity contribution in [3.05, 3.63) is 98.5 Å². The molecule has 0 atom stereocenters. The van der Waals surface area contributed by atoms with E-state index in [9.17, 15) is 14.4 Å². The first-order chi connectivity index (χ1) is 17.9. The van der Waals surface area contributed by atoms with E-state index in [2.05, 4.69) is 9.88 Å². The topological polar surface area (TPSA) is 130 Å². The van der Waals surface area contributed by atoms with Gasteiger partial charge in [-0.2, -0.15) is 0 Å². The van der Waals surface area contributed by atoms with Crippen LogP contribution in [0.1, 0.15) is 40.5 Å². The van der Waals surface area contributed by atoms with E-state index in [1.807, 2.05) is 30.3 Å². The zero-order valence-electron chi connectivity index (χ0n) is 20.3. The van der Waals surface area contributed by atoms with Gasteiger partial charge in [-0.05, 0) is 56.2 Å². The number of aromatic amines is 1. The highest BCUT2D eigenvalue weighted by Gasteiger charge is 2.22. The Morgan fingerprint density at radius 2 is 1.86 bits per heavy atom. The van der Waals surface area contributed by atoms with Crippen LogP contribution in [0.2, 0.25) is 0 Å². The van der Waals surface area contributed by atoms with Crippen LogP contribution in [0.3, 0.4) is 0 Å². The maximum absolute atomic E-state index is 12.3. The largest absolute Gasteiger partial charge is 0.457 e. The first-order valence-corrected chi connectivity index (χ1v) is 12.1. The molecule has 3 heterocycles. The van der Waals surface area contributed by atoms with Crippen LogP contribution < -0.4 is 21.5 Å². The summed E-state index contributed by atoms with van der Waals surface area (Å²) in [5.41, 5.74) is 3.43. The van der Waals surface area contributed by atoms with Crippen molar-refractivity contribution in [2.45, 2.75) is 32.4 Å². The maximum Gasteiger partial charge on any atom is 0.328 e. The number of aryl methyl sites for hydroxylation is 1. The Labute approximate surface area is 212 Å². The molecule has 1 saturated heterocycles. The monoisotopic (exact) mass is 501 g/mol. The summed E-state index contributed by atoms with van der Waals surface area (Å²) in [7, 11) is 0. The number of nitrogens with zero attached hydrogens (tertiary/aromatic N) is 3. The molecule has 10 heteroatoms. The maximum atomic E-state index is 12.3. The lowest BCUT2D eigenvalue weighted by Gasteiger charge is -2.32. The van der Waals surface area contributed by atoms with Crippen LogP contribution in [0.4, 0.5) is 0 Å². The van der Waals surface area contributed by atoms with E-state index < -0.39 is 5.91 Å². The van der Waals surface area contributed by atoms with Gasteiger partial charge in [0.05, 0.1) is 11.2 Å². The molecule has 1 aliphatic heterocycles. The van der Waals surface area contributed by atoms with Crippen molar-refractivity contribution in [2.24, 2.45) is 0 Å². The number of para-hydroxylation sites is 1. The third-order valence-electron chi connectivity index (χ3n) is 6.66. The molecule has 190 valence electrons. The highest BCUT2D eigenvalue weighted by molar-refractivity contribution is 5.93. The Morgan fingerprint density at radius 1 is 1.14 bits per heavy atom. The number of aromatic nitrogens is 3. The molecule has 0 radical (unpaired) electrons. The number of nitrogens with one attached hydrogen (secondary N) is 2. The summed E-state index contributed by atoms with van der Waals surface area (Å²) in [5.74, 6) is 0.622. The summed E-state index contributed by atoms with van der Waals surface area (Å²) in [4.78, 5) is 45.1. The number of benzene rings is 2. The van der Waals surface area contributed by atoms with Crippen LogP contribution in [-0.4, -0.2) is 43.6 Å². The molecule has 1 fully saturated rings. The number of hydrogen-bond donors (Lipinski definition) is 3. The lowest BCUT2D eigenvalue weighted by atomic mass is 10.0. The predicted molar refractivity (Wildman–Crippen MR) is 137 cm³/mol. The van der Waals surface area contributed by atoms with Crippen LogP contribution in [0.5, 0.6) is 11.5 Å². The Bertz CT molecular complexity index is 1550. The molecule has 5 rings (SSSR count). The third kappa shape index (κ3) is 5.30. The van der Waals surface area contributed by atoms with E-state index in [0.717, 1.165) is 42.5 Å². The second-order valence-electron chi connectivity index (χ2n) is 9.18. The highest BCUT2D eigenvalue weighted by atomic mass is 16.5. The molecule has 2 aromatic heterocycles. The summed E-state index contributed by atoms with van der Waals surface area (Å²) in [6.45, 7) is 3.90. The van der Waals surface area contributed by atoms with Crippen molar-refractivity contribution in [1.29, 1.82) is 0 Å². The third-order valence-corrected chi connectivity index (χ3v) is 6.66. The Morgan fingerprint density at radius 3 is 2.59 bits per heavy atom. The number of hydroxylamine groups is 1. The number of fused-ring (bicyclic) bond motifs is 1. The summed E-state index contributed by atoms with van der Waals surface area (Å²) < 4.78 is 7.82. The predicted octanol–water partition coefficient (Wildman–Crippen LogP) is 3.14. The summed E-state index contributed by atoms with van der Waals surface area (Å²) in [6.07, 6.45) is 3.23.